The molecule has 1 aliphatic rings. The van der Waals surface area contributed by atoms with Gasteiger partial charge in [0.15, 0.2) is 0 Å². The zero-order valence-electron chi connectivity index (χ0n) is 17.5. The number of hydrogen-bond acceptors (Lipinski definition) is 6. The third-order valence-electron chi connectivity index (χ3n) is 5.27. The summed E-state index contributed by atoms with van der Waals surface area (Å²) in [6.07, 6.45) is 1.63. The lowest BCUT2D eigenvalue weighted by Crippen LogP contribution is -2.49. The van der Waals surface area contributed by atoms with Gasteiger partial charge < -0.3 is 14.7 Å². The van der Waals surface area contributed by atoms with Gasteiger partial charge in [0, 0.05) is 44.5 Å². The van der Waals surface area contributed by atoms with Crippen molar-refractivity contribution in [3.05, 3.63) is 78.0 Å². The summed E-state index contributed by atoms with van der Waals surface area (Å²) in [6, 6.07) is 16.7. The second kappa shape index (κ2) is 8.97. The van der Waals surface area contributed by atoms with Crippen LogP contribution in [0.3, 0.4) is 0 Å². The highest BCUT2D eigenvalue weighted by molar-refractivity contribution is 7.89. The zero-order valence-corrected chi connectivity index (χ0v) is 18.3. The van der Waals surface area contributed by atoms with Crippen LogP contribution in [0.1, 0.15) is 15.9 Å². The molecule has 0 atom stereocenters. The van der Waals surface area contributed by atoms with Crippen molar-refractivity contribution in [2.45, 2.75) is 11.8 Å². The van der Waals surface area contributed by atoms with E-state index in [2.05, 4.69) is 4.98 Å². The zero-order chi connectivity index (χ0) is 22.7. The molecule has 0 unspecified atom stereocenters. The Morgan fingerprint density at radius 3 is 2.47 bits per heavy atom. The highest BCUT2D eigenvalue weighted by atomic mass is 32.2. The fraction of sp³-hybridized carbons (Fsp3) is 0.217. The Hall–Kier alpha value is -3.43. The molecule has 0 amide bonds. The van der Waals surface area contributed by atoms with E-state index in [0.29, 0.717) is 30.4 Å². The van der Waals surface area contributed by atoms with Crippen LogP contribution in [0, 0.1) is 6.92 Å². The molecule has 0 bridgehead atoms. The summed E-state index contributed by atoms with van der Waals surface area (Å²) < 4.78 is 33.6. The quantitative estimate of drug-likeness (QED) is 0.611. The molecule has 2 heterocycles. The van der Waals surface area contributed by atoms with Gasteiger partial charge in [0.2, 0.25) is 15.9 Å². The van der Waals surface area contributed by atoms with Crippen molar-refractivity contribution in [1.82, 2.24) is 9.29 Å². The van der Waals surface area contributed by atoms with Crippen molar-refractivity contribution in [2.24, 2.45) is 0 Å². The van der Waals surface area contributed by atoms with Crippen LogP contribution in [0.4, 0.5) is 5.69 Å². The van der Waals surface area contributed by atoms with Gasteiger partial charge in [-0.05, 0) is 42.8 Å². The number of aromatic carboxylic acids is 1. The molecule has 166 valence electrons. The number of anilines is 1. The number of aromatic nitrogens is 1. The largest absolute Gasteiger partial charge is 0.478 e. The number of carboxylic acids is 1. The molecule has 0 aliphatic carbocycles. The number of piperazine rings is 1. The van der Waals surface area contributed by atoms with Crippen molar-refractivity contribution in [2.75, 3.05) is 31.1 Å². The van der Waals surface area contributed by atoms with Crippen LogP contribution >= 0.6 is 0 Å². The first kappa shape index (κ1) is 21.8. The molecule has 1 aromatic heterocycles. The number of hydrogen-bond donors (Lipinski definition) is 1. The lowest BCUT2D eigenvalue weighted by molar-refractivity contribution is 0.0697. The molecule has 3 aromatic rings. The number of aryl methyl sites for hydroxylation is 1. The Bertz CT molecular complexity index is 1240. The topological polar surface area (TPSA) is 100 Å². The SMILES string of the molecule is Cc1ccnc(Oc2cccc(S(=O)(=O)N3CCN(c4ccccc4C(=O)O)CC3)c2)c1. The number of pyridine rings is 1. The van der Waals surface area contributed by atoms with E-state index in [0.717, 1.165) is 5.56 Å². The number of carbonyl (C=O) groups is 1. The molecule has 0 radical (unpaired) electrons. The number of ether oxygens (including phenoxy) is 1. The van der Waals surface area contributed by atoms with Crippen LogP contribution in [-0.4, -0.2) is 55.0 Å². The van der Waals surface area contributed by atoms with Gasteiger partial charge in [-0.25, -0.2) is 18.2 Å². The maximum atomic E-state index is 13.2. The number of nitrogens with zero attached hydrogens (tertiary/aromatic N) is 3. The van der Waals surface area contributed by atoms with Crippen LogP contribution in [0.25, 0.3) is 0 Å². The highest BCUT2D eigenvalue weighted by Crippen LogP contribution is 2.27. The Morgan fingerprint density at radius 2 is 1.75 bits per heavy atom. The summed E-state index contributed by atoms with van der Waals surface area (Å²) in [4.78, 5) is 17.7. The van der Waals surface area contributed by atoms with E-state index < -0.39 is 16.0 Å². The maximum Gasteiger partial charge on any atom is 0.337 e. The normalized spacial score (nSPS) is 14.8. The van der Waals surface area contributed by atoms with Crippen LogP contribution < -0.4 is 9.64 Å². The van der Waals surface area contributed by atoms with Gasteiger partial charge in [0.05, 0.1) is 16.1 Å². The fourth-order valence-electron chi connectivity index (χ4n) is 3.63. The van der Waals surface area contributed by atoms with Gasteiger partial charge in [-0.2, -0.15) is 4.31 Å². The average Bonchev–Trinajstić information content (AvgIpc) is 2.79. The van der Waals surface area contributed by atoms with Crippen LogP contribution in [-0.2, 0) is 10.0 Å². The second-order valence-electron chi connectivity index (χ2n) is 7.46. The Kier molecular flexibility index (Phi) is 6.11. The minimum atomic E-state index is -3.73. The molecule has 1 saturated heterocycles. The first-order chi connectivity index (χ1) is 15.3. The first-order valence-corrected chi connectivity index (χ1v) is 11.6. The minimum Gasteiger partial charge on any atom is -0.478 e. The Balaban J connectivity index is 1.49. The van der Waals surface area contributed by atoms with Crippen molar-refractivity contribution in [1.29, 1.82) is 0 Å². The summed E-state index contributed by atoms with van der Waals surface area (Å²) in [5, 5.41) is 9.42. The molecule has 0 saturated carbocycles. The van der Waals surface area contributed by atoms with Crippen LogP contribution in [0.5, 0.6) is 11.6 Å². The van der Waals surface area contributed by atoms with Gasteiger partial charge in [0.1, 0.15) is 5.75 Å². The fourth-order valence-corrected chi connectivity index (χ4v) is 5.09. The summed E-state index contributed by atoms with van der Waals surface area (Å²) in [5.41, 5.74) is 1.79. The molecule has 1 aliphatic heterocycles. The smallest absolute Gasteiger partial charge is 0.337 e. The van der Waals surface area contributed by atoms with Crippen molar-refractivity contribution < 1.29 is 23.1 Å². The molecular formula is C23H23N3O5S. The number of carboxylic acid groups (broad SMARTS) is 1. The standard InChI is InChI=1S/C23H23N3O5S/c1-17-9-10-24-22(15-17)31-18-5-4-6-19(16-18)32(29,30)26-13-11-25(12-14-26)21-8-3-2-7-20(21)23(27)28/h2-10,15-16H,11-14H2,1H3,(H,27,28). The van der Waals surface area contributed by atoms with E-state index in [9.17, 15) is 18.3 Å². The molecule has 32 heavy (non-hydrogen) atoms. The molecule has 9 heteroatoms. The summed E-state index contributed by atoms with van der Waals surface area (Å²) in [7, 11) is -3.73. The summed E-state index contributed by atoms with van der Waals surface area (Å²) >= 11 is 0. The van der Waals surface area contributed by atoms with Crippen molar-refractivity contribution in [3.8, 4) is 11.6 Å². The second-order valence-corrected chi connectivity index (χ2v) is 9.40. The van der Waals surface area contributed by atoms with Crippen LogP contribution in [0.2, 0.25) is 0 Å². The van der Waals surface area contributed by atoms with Gasteiger partial charge in [0.25, 0.3) is 0 Å². The third-order valence-corrected chi connectivity index (χ3v) is 7.16. The third kappa shape index (κ3) is 4.58. The van der Waals surface area contributed by atoms with Gasteiger partial charge in [-0.3, -0.25) is 0 Å². The van der Waals surface area contributed by atoms with E-state index in [-0.39, 0.29) is 23.5 Å². The van der Waals surface area contributed by atoms with Crippen molar-refractivity contribution in [3.63, 3.8) is 0 Å². The monoisotopic (exact) mass is 453 g/mol. The van der Waals surface area contributed by atoms with Gasteiger partial charge in [-0.1, -0.05) is 18.2 Å². The molecule has 0 spiro atoms. The van der Waals surface area contributed by atoms with Gasteiger partial charge in [-0.15, -0.1) is 0 Å². The van der Waals surface area contributed by atoms with Gasteiger partial charge >= 0.3 is 5.97 Å². The molecule has 1 fully saturated rings. The van der Waals surface area contributed by atoms with E-state index in [1.807, 2.05) is 17.9 Å². The molecule has 1 N–H and O–H groups in total. The predicted molar refractivity (Wildman–Crippen MR) is 120 cm³/mol. The predicted octanol–water partition coefficient (Wildman–Crippen LogP) is 3.39. The van der Waals surface area contributed by atoms with Crippen molar-refractivity contribution >= 4 is 21.7 Å². The molecule has 4 rings (SSSR count). The lowest BCUT2D eigenvalue weighted by Gasteiger charge is -2.36. The number of benzene rings is 2. The summed E-state index contributed by atoms with van der Waals surface area (Å²) in [6.45, 7) is 3.21. The Morgan fingerprint density at radius 1 is 1.00 bits per heavy atom. The minimum absolute atomic E-state index is 0.141. The van der Waals surface area contributed by atoms with Crippen LogP contribution in [0.15, 0.2) is 71.8 Å². The number of rotatable bonds is 6. The lowest BCUT2D eigenvalue weighted by atomic mass is 10.1. The molecule has 8 nitrogen and oxygen atoms in total. The molecule has 2 aromatic carbocycles. The number of sulfonamides is 1. The number of para-hydroxylation sites is 1. The van der Waals surface area contributed by atoms with E-state index in [4.69, 9.17) is 4.74 Å². The summed E-state index contributed by atoms with van der Waals surface area (Å²) in [5.74, 6) is -0.223. The average molecular weight is 454 g/mol. The Labute approximate surface area is 186 Å². The molecular weight excluding hydrogens is 430 g/mol. The van der Waals surface area contributed by atoms with E-state index in [1.54, 1.807) is 48.7 Å². The highest BCUT2D eigenvalue weighted by Gasteiger charge is 2.30. The van der Waals surface area contributed by atoms with E-state index in [1.165, 1.54) is 16.4 Å². The maximum absolute atomic E-state index is 13.2. The first-order valence-electron chi connectivity index (χ1n) is 10.1. The van der Waals surface area contributed by atoms with E-state index >= 15 is 0 Å².